The summed E-state index contributed by atoms with van der Waals surface area (Å²) in [5.74, 6) is -2.52. The topological polar surface area (TPSA) is 119 Å². The number of rotatable bonds is 4. The van der Waals surface area contributed by atoms with Crippen molar-refractivity contribution in [3.63, 3.8) is 0 Å². The zero-order valence-electron chi connectivity index (χ0n) is 19.1. The molecule has 12 heteroatoms. The third-order valence-corrected chi connectivity index (χ3v) is 7.40. The van der Waals surface area contributed by atoms with E-state index in [1.54, 1.807) is 6.20 Å². The van der Waals surface area contributed by atoms with Gasteiger partial charge < -0.3 is 25.0 Å². The molecule has 4 aromatic heterocycles. The van der Waals surface area contributed by atoms with Crippen LogP contribution in [-0.2, 0) is 0 Å². The fraction of sp³-hybridized carbons (Fsp3) is 0.417. The Morgan fingerprint density at radius 2 is 2.17 bits per heavy atom. The highest BCUT2D eigenvalue weighted by Gasteiger charge is 2.49. The predicted octanol–water partition coefficient (Wildman–Crippen LogP) is 2.77. The summed E-state index contributed by atoms with van der Waals surface area (Å²) in [6.07, 6.45) is 5.96. The molecule has 5 heterocycles. The average Bonchev–Trinajstić information content (AvgIpc) is 3.46. The Kier molecular flexibility index (Phi) is 4.53. The van der Waals surface area contributed by atoms with Crippen molar-refractivity contribution < 1.29 is 23.4 Å². The number of fused-ring (bicyclic) bond motifs is 4. The van der Waals surface area contributed by atoms with Crippen molar-refractivity contribution in [1.82, 2.24) is 29.5 Å². The predicted molar refractivity (Wildman–Crippen MR) is 125 cm³/mol. The molecule has 0 bridgehead atoms. The molecule has 2 saturated carbocycles. The van der Waals surface area contributed by atoms with Crippen LogP contribution in [0.15, 0.2) is 30.7 Å². The van der Waals surface area contributed by atoms with Gasteiger partial charge in [-0.3, -0.25) is 4.79 Å². The molecule has 1 amide bonds. The van der Waals surface area contributed by atoms with Crippen molar-refractivity contribution >= 4 is 28.4 Å². The van der Waals surface area contributed by atoms with Crippen molar-refractivity contribution in [3.8, 4) is 17.0 Å². The second kappa shape index (κ2) is 7.60. The van der Waals surface area contributed by atoms with Crippen LogP contribution in [0.4, 0.5) is 14.6 Å². The van der Waals surface area contributed by atoms with Crippen LogP contribution in [0, 0.1) is 0 Å². The Morgan fingerprint density at radius 1 is 1.31 bits per heavy atom. The lowest BCUT2D eigenvalue weighted by molar-refractivity contribution is -0.102. The summed E-state index contributed by atoms with van der Waals surface area (Å²) in [6.45, 7) is 0.953. The van der Waals surface area contributed by atoms with Crippen molar-refractivity contribution in [2.75, 3.05) is 18.5 Å². The molecule has 0 aromatic carbocycles. The maximum absolute atomic E-state index is 13.8. The number of halogens is 2. The molecule has 3 aliphatic rings. The van der Waals surface area contributed by atoms with Gasteiger partial charge in [-0.2, -0.15) is 9.61 Å². The lowest BCUT2D eigenvalue weighted by Gasteiger charge is -2.36. The lowest BCUT2D eigenvalue weighted by atomic mass is 9.88. The molecule has 1 unspecified atom stereocenters. The second-order valence-electron chi connectivity index (χ2n) is 9.64. The van der Waals surface area contributed by atoms with Gasteiger partial charge in [-0.15, -0.1) is 0 Å². The van der Waals surface area contributed by atoms with Gasteiger partial charge in [0.25, 0.3) is 11.8 Å². The largest absolute Gasteiger partial charge is 0.486 e. The Balaban J connectivity index is 1.39. The summed E-state index contributed by atoms with van der Waals surface area (Å²) >= 11 is 0. The quantitative estimate of drug-likeness (QED) is 0.398. The first-order valence-corrected chi connectivity index (χ1v) is 12.0. The number of aromatic nitrogens is 5. The molecular formula is C24H23F2N7O3. The molecule has 1 atom stereocenters. The summed E-state index contributed by atoms with van der Waals surface area (Å²) in [7, 11) is 0. The number of hydrogen-bond acceptors (Lipinski definition) is 7. The fourth-order valence-electron chi connectivity index (χ4n) is 5.19. The number of alkyl halides is 2. The Labute approximate surface area is 203 Å². The molecule has 186 valence electrons. The number of pyridine rings is 1. The number of hydrogen-bond donors (Lipinski definition) is 3. The molecule has 0 spiro atoms. The molecule has 2 aliphatic carbocycles. The van der Waals surface area contributed by atoms with Crippen LogP contribution in [0.2, 0.25) is 0 Å². The number of aliphatic hydroxyl groups excluding tert-OH is 1. The van der Waals surface area contributed by atoms with E-state index in [-0.39, 0.29) is 36.2 Å². The van der Waals surface area contributed by atoms with Gasteiger partial charge in [-0.05, 0) is 31.4 Å². The monoisotopic (exact) mass is 495 g/mol. The van der Waals surface area contributed by atoms with Crippen molar-refractivity contribution in [1.29, 1.82) is 0 Å². The average molecular weight is 495 g/mol. The minimum atomic E-state index is -2.91. The summed E-state index contributed by atoms with van der Waals surface area (Å²) in [4.78, 5) is 22.4. The van der Waals surface area contributed by atoms with E-state index >= 15 is 0 Å². The van der Waals surface area contributed by atoms with Gasteiger partial charge >= 0.3 is 0 Å². The number of aliphatic hydroxyl groups is 1. The molecule has 0 saturated heterocycles. The summed E-state index contributed by atoms with van der Waals surface area (Å²) in [6, 6.07) is 2.71. The molecule has 1 aliphatic heterocycles. The first-order chi connectivity index (χ1) is 17.4. The zero-order valence-corrected chi connectivity index (χ0v) is 19.1. The molecular weight excluding hydrogens is 472 g/mol. The van der Waals surface area contributed by atoms with Crippen molar-refractivity contribution in [2.24, 2.45) is 0 Å². The summed E-state index contributed by atoms with van der Waals surface area (Å²) in [5, 5.41) is 20.7. The van der Waals surface area contributed by atoms with Crippen molar-refractivity contribution in [3.05, 3.63) is 36.3 Å². The van der Waals surface area contributed by atoms with Gasteiger partial charge in [0.2, 0.25) is 0 Å². The number of nitrogens with zero attached hydrogens (tertiary/aromatic N) is 5. The molecule has 0 radical (unpaired) electrons. The number of anilines is 1. The SMILES string of the molecule is O=C(NC1CCC1(F)F)c1cnn2c3c(c(-c4cn(C5CC(O)C5)c5ncccc45)nc12)OCCN3. The third-order valence-electron chi connectivity index (χ3n) is 7.40. The highest BCUT2D eigenvalue weighted by Crippen LogP contribution is 2.44. The van der Waals surface area contributed by atoms with Crippen LogP contribution in [0.3, 0.4) is 0 Å². The van der Waals surface area contributed by atoms with Gasteiger partial charge in [0.05, 0.1) is 24.9 Å². The Bertz CT molecular complexity index is 1530. The van der Waals surface area contributed by atoms with Crippen LogP contribution in [0.5, 0.6) is 5.75 Å². The van der Waals surface area contributed by atoms with Gasteiger partial charge in [-0.25, -0.2) is 18.7 Å². The second-order valence-corrected chi connectivity index (χ2v) is 9.64. The molecule has 10 nitrogen and oxygen atoms in total. The van der Waals surface area contributed by atoms with Crippen molar-refractivity contribution in [2.45, 2.75) is 49.8 Å². The van der Waals surface area contributed by atoms with Crippen LogP contribution < -0.4 is 15.4 Å². The molecule has 2 fully saturated rings. The summed E-state index contributed by atoms with van der Waals surface area (Å²) < 4.78 is 37.2. The molecule has 3 N–H and O–H groups in total. The third kappa shape index (κ3) is 3.10. The number of amides is 1. The highest BCUT2D eigenvalue weighted by atomic mass is 19.3. The maximum Gasteiger partial charge on any atom is 0.267 e. The van der Waals surface area contributed by atoms with Crippen LogP contribution in [-0.4, -0.2) is 66.4 Å². The zero-order chi connectivity index (χ0) is 24.6. The Morgan fingerprint density at radius 3 is 2.92 bits per heavy atom. The summed E-state index contributed by atoms with van der Waals surface area (Å²) in [5.41, 5.74) is 2.39. The standard InChI is InChI=1S/C24H23F2N7O3/c25-24(26)4-3-17(24)30-23(35)15-10-29-33-21(15)31-18(19-22(33)28-6-7-36-19)16-11-32(12-8-13(34)9-12)20-14(16)2-1-5-27-20/h1-2,5,10-13,17,28,34H,3-4,6-9H2,(H,30,35). The highest BCUT2D eigenvalue weighted by molar-refractivity contribution is 6.02. The van der Waals surface area contributed by atoms with E-state index in [1.165, 1.54) is 10.7 Å². The molecule has 7 rings (SSSR count). The Hall–Kier alpha value is -3.80. The fourth-order valence-corrected chi connectivity index (χ4v) is 5.19. The van der Waals surface area contributed by atoms with Gasteiger partial charge in [0.15, 0.2) is 17.2 Å². The first-order valence-electron chi connectivity index (χ1n) is 12.0. The maximum atomic E-state index is 13.8. The van der Waals surface area contributed by atoms with Gasteiger partial charge in [0.1, 0.15) is 23.5 Å². The normalized spacial score (nSPS) is 24.4. The number of carbonyl (C=O) groups is 1. The van der Waals surface area contributed by atoms with Gasteiger partial charge in [0, 0.05) is 35.8 Å². The van der Waals surface area contributed by atoms with Crippen LogP contribution >= 0.6 is 0 Å². The molecule has 36 heavy (non-hydrogen) atoms. The van der Waals surface area contributed by atoms with E-state index in [0.717, 1.165) is 16.6 Å². The lowest BCUT2D eigenvalue weighted by Crippen LogP contribution is -2.55. The number of nitrogens with one attached hydrogen (secondary N) is 2. The van der Waals surface area contributed by atoms with Crippen LogP contribution in [0.25, 0.3) is 27.9 Å². The number of ether oxygens (including phenoxy) is 1. The van der Waals surface area contributed by atoms with E-state index in [1.807, 2.05) is 18.3 Å². The minimum Gasteiger partial charge on any atom is -0.486 e. The van der Waals surface area contributed by atoms with E-state index < -0.39 is 17.9 Å². The van der Waals surface area contributed by atoms with E-state index in [9.17, 15) is 18.7 Å². The molecule has 4 aromatic rings. The van der Waals surface area contributed by atoms with Gasteiger partial charge in [-0.1, -0.05) is 0 Å². The van der Waals surface area contributed by atoms with Crippen LogP contribution in [0.1, 0.15) is 42.1 Å². The van der Waals surface area contributed by atoms with E-state index in [4.69, 9.17) is 9.72 Å². The smallest absolute Gasteiger partial charge is 0.267 e. The number of carbonyl (C=O) groups excluding carboxylic acids is 1. The minimum absolute atomic E-state index is 0.109. The van der Waals surface area contributed by atoms with E-state index in [2.05, 4.69) is 25.3 Å². The first kappa shape index (κ1) is 21.5. The van der Waals surface area contributed by atoms with E-state index in [0.29, 0.717) is 43.3 Å².